The molecule has 0 aliphatic carbocycles. The molecule has 0 spiro atoms. The summed E-state index contributed by atoms with van der Waals surface area (Å²) in [6, 6.07) is 0.623. The van der Waals surface area contributed by atoms with E-state index in [-0.39, 0.29) is 0 Å². The molecule has 0 saturated heterocycles. The second-order valence-electron chi connectivity index (χ2n) is 1.42. The summed E-state index contributed by atoms with van der Waals surface area (Å²) < 4.78 is 0. The molecule has 1 N–H and O–H groups in total. The quantitative estimate of drug-likeness (QED) is 0.450. The second kappa shape index (κ2) is 2.14. The van der Waals surface area contributed by atoms with Crippen molar-refractivity contribution in [3.05, 3.63) is 0 Å². The summed E-state index contributed by atoms with van der Waals surface area (Å²) in [6.45, 7) is 0. The number of hydrogen-bond donors (Lipinski definition) is 1. The van der Waals surface area contributed by atoms with Gasteiger partial charge in [-0.25, -0.2) is 4.79 Å². The topological polar surface area (TPSA) is 96.4 Å². The van der Waals surface area contributed by atoms with Crippen LogP contribution in [0.2, 0.25) is 0 Å². The van der Waals surface area contributed by atoms with Gasteiger partial charge >= 0.3 is 6.03 Å². The maximum absolute atomic E-state index is 10.5. The number of carbonyl (C=O) groups excluding carboxylic acids is 2. The first-order chi connectivity index (χ1) is 4.74. The van der Waals surface area contributed by atoms with Crippen LogP contribution in [0.25, 0.3) is 0 Å². The summed E-state index contributed by atoms with van der Waals surface area (Å²) in [5, 5.41) is 12.9. The van der Waals surface area contributed by atoms with Crippen molar-refractivity contribution in [2.75, 3.05) is 0 Å². The molecule has 1 heterocycles. The van der Waals surface area contributed by atoms with Crippen LogP contribution in [0.3, 0.4) is 0 Å². The number of nitriles is 1. The van der Waals surface area contributed by atoms with E-state index in [1.54, 1.807) is 5.32 Å². The minimum atomic E-state index is -0.844. The Hall–Kier alpha value is -1.90. The van der Waals surface area contributed by atoms with Crippen molar-refractivity contribution in [2.45, 2.75) is 0 Å². The van der Waals surface area contributed by atoms with E-state index in [1.807, 2.05) is 0 Å². The molecule has 49 valence electrons. The van der Waals surface area contributed by atoms with Crippen LogP contribution in [0.1, 0.15) is 0 Å². The average Bonchev–Trinajstić information content (AvgIpc) is 1.88. The molecular weight excluding hydrogens is 136 g/mol. The Kier molecular flexibility index (Phi) is 1.33. The van der Waals surface area contributed by atoms with Crippen molar-refractivity contribution in [1.82, 2.24) is 10.7 Å². The second-order valence-corrected chi connectivity index (χ2v) is 1.42. The number of nitrogens with one attached hydrogen (secondary N) is 1. The molecule has 6 nitrogen and oxygen atoms in total. The normalized spacial score (nSPS) is 16.5. The smallest absolute Gasteiger partial charge is 0.269 e. The van der Waals surface area contributed by atoms with Gasteiger partial charge in [0.05, 0.1) is 0 Å². The Morgan fingerprint density at radius 2 is 2.20 bits per heavy atom. The van der Waals surface area contributed by atoms with Crippen LogP contribution in [0, 0.1) is 11.3 Å². The number of hydrogen-bond acceptors (Lipinski definition) is 4. The molecule has 1 radical (unpaired) electrons. The van der Waals surface area contributed by atoms with Crippen LogP contribution in [0.15, 0.2) is 5.10 Å². The minimum absolute atomic E-state index is 0.403. The highest BCUT2D eigenvalue weighted by molar-refractivity contribution is 6.47. The lowest BCUT2D eigenvalue weighted by Crippen LogP contribution is -2.43. The minimum Gasteiger partial charge on any atom is -0.269 e. The van der Waals surface area contributed by atoms with Crippen LogP contribution < -0.4 is 10.7 Å². The molecule has 0 bridgehead atoms. The molecule has 1 aliphatic heterocycles. The molecule has 0 saturated carbocycles. The number of rotatable bonds is 0. The van der Waals surface area contributed by atoms with Crippen molar-refractivity contribution in [1.29, 1.82) is 5.26 Å². The van der Waals surface area contributed by atoms with Gasteiger partial charge in [-0.2, -0.15) is 5.26 Å². The largest absolute Gasteiger partial charge is 0.366 e. The van der Waals surface area contributed by atoms with Crippen molar-refractivity contribution in [3.8, 4) is 6.07 Å². The highest BCUT2D eigenvalue weighted by atomic mass is 16.2. The lowest BCUT2D eigenvalue weighted by molar-refractivity contribution is -0.113. The van der Waals surface area contributed by atoms with E-state index in [1.165, 1.54) is 6.07 Å². The first-order valence-electron chi connectivity index (χ1n) is 2.28. The Bertz CT molecular complexity index is 261. The highest BCUT2D eigenvalue weighted by Crippen LogP contribution is 1.84. The van der Waals surface area contributed by atoms with Gasteiger partial charge in [0.1, 0.15) is 6.07 Å². The average molecular weight is 137 g/mol. The third kappa shape index (κ3) is 0.925. The standard InChI is InChI=1S/C4HN4O2/c5-1-2-3(9)6-4(10)8-7-2/h(H,6,9,10). The Labute approximate surface area is 55.5 Å². The summed E-state index contributed by atoms with van der Waals surface area (Å²) in [6.07, 6.45) is 0. The molecule has 0 unspecified atom stereocenters. The Balaban J connectivity index is 2.88. The van der Waals surface area contributed by atoms with E-state index in [9.17, 15) is 9.59 Å². The van der Waals surface area contributed by atoms with Gasteiger partial charge in [0.15, 0.2) is 0 Å². The zero-order chi connectivity index (χ0) is 7.56. The fraction of sp³-hybridized carbons (Fsp3) is 0. The van der Waals surface area contributed by atoms with Gasteiger partial charge in [0, 0.05) is 0 Å². The zero-order valence-electron chi connectivity index (χ0n) is 4.66. The molecule has 10 heavy (non-hydrogen) atoms. The van der Waals surface area contributed by atoms with Gasteiger partial charge in [-0.1, -0.05) is 5.43 Å². The van der Waals surface area contributed by atoms with Crippen LogP contribution in [-0.4, -0.2) is 17.6 Å². The molecule has 3 amide bonds. The molecular formula is C4HN4O2. The fourth-order valence-corrected chi connectivity index (χ4v) is 0.395. The molecule has 1 rings (SSSR count). The number of carbonyl (C=O) groups is 2. The molecule has 0 fully saturated rings. The summed E-state index contributed by atoms with van der Waals surface area (Å²) in [5.41, 5.74) is 2.52. The van der Waals surface area contributed by atoms with Gasteiger partial charge in [0.2, 0.25) is 5.71 Å². The van der Waals surface area contributed by atoms with Crippen molar-refractivity contribution < 1.29 is 9.59 Å². The van der Waals surface area contributed by atoms with E-state index in [2.05, 4.69) is 10.5 Å². The van der Waals surface area contributed by atoms with Gasteiger partial charge in [-0.05, 0) is 0 Å². The predicted molar refractivity (Wildman–Crippen MR) is 28.7 cm³/mol. The number of imide groups is 1. The SMILES string of the molecule is N#CC1=N[N]C(=O)NC1=O. The maximum Gasteiger partial charge on any atom is 0.366 e. The summed E-state index contributed by atoms with van der Waals surface area (Å²) in [5.74, 6) is -0.803. The van der Waals surface area contributed by atoms with Crippen molar-refractivity contribution >= 4 is 17.6 Å². The van der Waals surface area contributed by atoms with Gasteiger partial charge in [0.25, 0.3) is 5.91 Å². The van der Waals surface area contributed by atoms with E-state index >= 15 is 0 Å². The van der Waals surface area contributed by atoms with E-state index < -0.39 is 17.6 Å². The van der Waals surface area contributed by atoms with Crippen LogP contribution in [0.4, 0.5) is 4.79 Å². The molecule has 6 heteroatoms. The molecule has 1 aliphatic rings. The van der Waals surface area contributed by atoms with Gasteiger partial charge in [-0.3, -0.25) is 10.1 Å². The maximum atomic E-state index is 10.5. The summed E-state index contributed by atoms with van der Waals surface area (Å²) in [4.78, 5) is 20.7. The first-order valence-corrected chi connectivity index (χ1v) is 2.28. The highest BCUT2D eigenvalue weighted by Gasteiger charge is 2.20. The summed E-state index contributed by atoms with van der Waals surface area (Å²) in [7, 11) is 0. The van der Waals surface area contributed by atoms with Gasteiger partial charge < -0.3 is 0 Å². The molecule has 0 aromatic rings. The molecule has 0 aromatic heterocycles. The van der Waals surface area contributed by atoms with Crippen molar-refractivity contribution in [3.63, 3.8) is 0 Å². The van der Waals surface area contributed by atoms with Crippen LogP contribution in [-0.2, 0) is 4.79 Å². The Morgan fingerprint density at radius 3 is 2.70 bits per heavy atom. The Morgan fingerprint density at radius 1 is 1.50 bits per heavy atom. The monoisotopic (exact) mass is 137 g/mol. The van der Waals surface area contributed by atoms with Crippen LogP contribution in [0.5, 0.6) is 0 Å². The number of amides is 3. The number of nitrogens with zero attached hydrogens (tertiary/aromatic N) is 3. The predicted octanol–water partition coefficient (Wildman–Crippen LogP) is -1.28. The van der Waals surface area contributed by atoms with Crippen molar-refractivity contribution in [2.24, 2.45) is 5.10 Å². The van der Waals surface area contributed by atoms with E-state index in [0.29, 0.717) is 0 Å². The van der Waals surface area contributed by atoms with E-state index in [4.69, 9.17) is 5.26 Å². The lowest BCUT2D eigenvalue weighted by atomic mass is 10.4. The first kappa shape index (κ1) is 6.22. The fourth-order valence-electron chi connectivity index (χ4n) is 0.395. The third-order valence-electron chi connectivity index (χ3n) is 0.782. The van der Waals surface area contributed by atoms with E-state index in [0.717, 1.165) is 0 Å². The zero-order valence-corrected chi connectivity index (χ0v) is 4.66. The lowest BCUT2D eigenvalue weighted by Gasteiger charge is -2.02. The molecule has 0 atom stereocenters. The van der Waals surface area contributed by atoms with Crippen LogP contribution >= 0.6 is 0 Å². The third-order valence-corrected chi connectivity index (χ3v) is 0.782. The molecule has 0 aromatic carbocycles. The van der Waals surface area contributed by atoms with Gasteiger partial charge in [-0.15, -0.1) is 5.10 Å². The summed E-state index contributed by atoms with van der Waals surface area (Å²) >= 11 is 0. The number of urea groups is 1.